The van der Waals surface area contributed by atoms with Crippen LogP contribution in [0.3, 0.4) is 0 Å². The van der Waals surface area contributed by atoms with Gasteiger partial charge < -0.3 is 9.47 Å². The van der Waals surface area contributed by atoms with Crippen molar-refractivity contribution in [3.8, 4) is 0 Å². The average molecular weight is 260 g/mol. The van der Waals surface area contributed by atoms with Gasteiger partial charge in [0.1, 0.15) is 0 Å². The number of carbonyl (C=O) groups is 2. The van der Waals surface area contributed by atoms with Gasteiger partial charge in [-0.1, -0.05) is 30.4 Å². The van der Waals surface area contributed by atoms with E-state index in [4.69, 9.17) is 9.47 Å². The molecule has 0 radical (unpaired) electrons. The minimum Gasteiger partial charge on any atom is -0.466 e. The standard InChI is InChI=1S/C15H16O4/c1-18-14(17)15(10-6-3-7-11-15)19-13(16)12-8-4-2-5-9-12/h2-6,8-9H,7,10-11H2,1H3. The second-order valence-corrected chi connectivity index (χ2v) is 4.46. The summed E-state index contributed by atoms with van der Waals surface area (Å²) in [5.74, 6) is -0.998. The molecule has 0 aromatic heterocycles. The van der Waals surface area contributed by atoms with Crippen LogP contribution in [0.15, 0.2) is 42.5 Å². The third kappa shape index (κ3) is 2.84. The van der Waals surface area contributed by atoms with E-state index in [2.05, 4.69) is 0 Å². The highest BCUT2D eigenvalue weighted by Crippen LogP contribution is 2.30. The van der Waals surface area contributed by atoms with Crippen LogP contribution in [0.25, 0.3) is 0 Å². The summed E-state index contributed by atoms with van der Waals surface area (Å²) in [5, 5.41) is 0. The molecule has 1 aromatic rings. The van der Waals surface area contributed by atoms with Gasteiger partial charge in [0.05, 0.1) is 12.7 Å². The van der Waals surface area contributed by atoms with Crippen molar-refractivity contribution >= 4 is 11.9 Å². The van der Waals surface area contributed by atoms with E-state index < -0.39 is 17.5 Å². The summed E-state index contributed by atoms with van der Waals surface area (Å²) >= 11 is 0. The molecule has 19 heavy (non-hydrogen) atoms. The molecule has 0 fully saturated rings. The van der Waals surface area contributed by atoms with Gasteiger partial charge in [0.25, 0.3) is 0 Å². The molecule has 0 saturated heterocycles. The quantitative estimate of drug-likeness (QED) is 0.619. The first kappa shape index (κ1) is 13.3. The number of hydrogen-bond donors (Lipinski definition) is 0. The fourth-order valence-electron chi connectivity index (χ4n) is 2.13. The van der Waals surface area contributed by atoms with Crippen molar-refractivity contribution in [2.45, 2.75) is 24.9 Å². The number of esters is 2. The zero-order valence-corrected chi connectivity index (χ0v) is 10.8. The van der Waals surface area contributed by atoms with Crippen LogP contribution in [0, 0.1) is 0 Å². The highest BCUT2D eigenvalue weighted by molar-refractivity contribution is 5.92. The Balaban J connectivity index is 2.19. The highest BCUT2D eigenvalue weighted by atomic mass is 16.6. The largest absolute Gasteiger partial charge is 0.466 e. The monoisotopic (exact) mass is 260 g/mol. The van der Waals surface area contributed by atoms with Gasteiger partial charge in [-0.15, -0.1) is 0 Å². The lowest BCUT2D eigenvalue weighted by Gasteiger charge is -2.31. The second kappa shape index (κ2) is 5.69. The van der Waals surface area contributed by atoms with E-state index in [1.807, 2.05) is 18.2 Å². The minimum absolute atomic E-state index is 0.359. The second-order valence-electron chi connectivity index (χ2n) is 4.46. The van der Waals surface area contributed by atoms with E-state index in [9.17, 15) is 9.59 Å². The number of hydrogen-bond acceptors (Lipinski definition) is 4. The summed E-state index contributed by atoms with van der Waals surface area (Å²) < 4.78 is 10.2. The summed E-state index contributed by atoms with van der Waals surface area (Å²) in [4.78, 5) is 24.0. The number of rotatable bonds is 3. The molecule has 100 valence electrons. The maximum atomic E-state index is 12.1. The van der Waals surface area contributed by atoms with Crippen LogP contribution in [0.1, 0.15) is 29.6 Å². The van der Waals surface area contributed by atoms with Crippen LogP contribution in [-0.4, -0.2) is 24.6 Å². The number of methoxy groups -OCH3 is 1. The molecule has 4 nitrogen and oxygen atoms in total. The number of benzene rings is 1. The molecule has 2 rings (SSSR count). The molecule has 1 unspecified atom stereocenters. The van der Waals surface area contributed by atoms with E-state index in [-0.39, 0.29) is 0 Å². The Hall–Kier alpha value is -2.10. The molecule has 1 atom stereocenters. The lowest BCUT2D eigenvalue weighted by molar-refractivity contribution is -0.163. The number of carbonyl (C=O) groups excluding carboxylic acids is 2. The normalized spacial score (nSPS) is 21.7. The van der Waals surface area contributed by atoms with Crippen molar-refractivity contribution in [1.29, 1.82) is 0 Å². The van der Waals surface area contributed by atoms with Gasteiger partial charge in [-0.3, -0.25) is 0 Å². The maximum Gasteiger partial charge on any atom is 0.350 e. The fourth-order valence-corrected chi connectivity index (χ4v) is 2.13. The van der Waals surface area contributed by atoms with Crippen LogP contribution in [0.5, 0.6) is 0 Å². The molecule has 0 N–H and O–H groups in total. The predicted molar refractivity (Wildman–Crippen MR) is 69.6 cm³/mol. The average Bonchev–Trinajstić information content (AvgIpc) is 2.48. The molecule has 0 amide bonds. The van der Waals surface area contributed by atoms with Gasteiger partial charge in [0.15, 0.2) is 0 Å². The van der Waals surface area contributed by atoms with Crippen LogP contribution in [0.4, 0.5) is 0 Å². The third-order valence-electron chi connectivity index (χ3n) is 3.18. The topological polar surface area (TPSA) is 52.6 Å². The van der Waals surface area contributed by atoms with Gasteiger partial charge >= 0.3 is 11.9 Å². The molecule has 1 aliphatic rings. The Morgan fingerprint density at radius 1 is 1.16 bits per heavy atom. The maximum absolute atomic E-state index is 12.1. The summed E-state index contributed by atoms with van der Waals surface area (Å²) in [6, 6.07) is 8.64. The van der Waals surface area contributed by atoms with Crippen molar-refractivity contribution in [3.05, 3.63) is 48.0 Å². The van der Waals surface area contributed by atoms with Crippen molar-refractivity contribution in [3.63, 3.8) is 0 Å². The number of allylic oxidation sites excluding steroid dienone is 1. The fraction of sp³-hybridized carbons (Fsp3) is 0.333. The Morgan fingerprint density at radius 3 is 2.47 bits per heavy atom. The Kier molecular flexibility index (Phi) is 4.00. The van der Waals surface area contributed by atoms with E-state index >= 15 is 0 Å². The zero-order valence-electron chi connectivity index (χ0n) is 10.8. The highest BCUT2D eigenvalue weighted by Gasteiger charge is 2.43. The Labute approximate surface area is 112 Å². The molecule has 0 aliphatic heterocycles. The van der Waals surface area contributed by atoms with E-state index in [0.717, 1.165) is 0 Å². The van der Waals surface area contributed by atoms with Gasteiger partial charge in [0.2, 0.25) is 5.60 Å². The van der Waals surface area contributed by atoms with E-state index in [1.54, 1.807) is 24.3 Å². The predicted octanol–water partition coefficient (Wildman–Crippen LogP) is 2.50. The van der Waals surface area contributed by atoms with E-state index in [1.165, 1.54) is 7.11 Å². The van der Waals surface area contributed by atoms with Crippen LogP contribution >= 0.6 is 0 Å². The Morgan fingerprint density at radius 2 is 1.89 bits per heavy atom. The molecule has 0 heterocycles. The first-order valence-corrected chi connectivity index (χ1v) is 6.20. The molecule has 0 spiro atoms. The summed E-state index contributed by atoms with van der Waals surface area (Å²) in [7, 11) is 1.30. The van der Waals surface area contributed by atoms with Crippen molar-refractivity contribution in [2.24, 2.45) is 0 Å². The SMILES string of the molecule is COC(=O)C1(OC(=O)c2ccccc2)CC=CCC1. The van der Waals surface area contributed by atoms with Gasteiger partial charge in [-0.05, 0) is 18.6 Å². The molecule has 1 aromatic carbocycles. The lowest BCUT2D eigenvalue weighted by atomic mass is 9.89. The van der Waals surface area contributed by atoms with Gasteiger partial charge in [-0.25, -0.2) is 9.59 Å². The molecular formula is C15H16O4. The summed E-state index contributed by atoms with van der Waals surface area (Å²) in [6.45, 7) is 0. The van der Waals surface area contributed by atoms with Crippen LogP contribution in [0.2, 0.25) is 0 Å². The summed E-state index contributed by atoms with van der Waals surface area (Å²) in [6.07, 6.45) is 5.32. The third-order valence-corrected chi connectivity index (χ3v) is 3.18. The van der Waals surface area contributed by atoms with E-state index in [0.29, 0.717) is 24.8 Å². The smallest absolute Gasteiger partial charge is 0.350 e. The number of ether oxygens (including phenoxy) is 2. The van der Waals surface area contributed by atoms with Gasteiger partial charge in [0, 0.05) is 12.8 Å². The molecule has 0 saturated carbocycles. The van der Waals surface area contributed by atoms with Crippen molar-refractivity contribution in [1.82, 2.24) is 0 Å². The van der Waals surface area contributed by atoms with Crippen molar-refractivity contribution < 1.29 is 19.1 Å². The van der Waals surface area contributed by atoms with Crippen LogP contribution in [-0.2, 0) is 14.3 Å². The van der Waals surface area contributed by atoms with Crippen molar-refractivity contribution in [2.75, 3.05) is 7.11 Å². The molecule has 0 bridgehead atoms. The lowest BCUT2D eigenvalue weighted by Crippen LogP contribution is -2.44. The van der Waals surface area contributed by atoms with Crippen LogP contribution < -0.4 is 0 Å². The zero-order chi connectivity index (χ0) is 13.7. The molecular weight excluding hydrogens is 244 g/mol. The molecule has 4 heteroatoms. The minimum atomic E-state index is -1.18. The first-order chi connectivity index (χ1) is 9.18. The Bertz CT molecular complexity index is 492. The molecule has 1 aliphatic carbocycles. The van der Waals surface area contributed by atoms with Gasteiger partial charge in [-0.2, -0.15) is 0 Å². The first-order valence-electron chi connectivity index (χ1n) is 6.20. The summed E-state index contributed by atoms with van der Waals surface area (Å²) in [5.41, 5.74) is -0.753.